The number of benzene rings is 1. The first-order valence-corrected chi connectivity index (χ1v) is 4.14. The minimum atomic E-state index is -0.232. The highest BCUT2D eigenvalue weighted by Crippen LogP contribution is 2.03. The number of nitrogens with zero attached hydrogens (tertiary/aromatic N) is 1. The minimum absolute atomic E-state index is 0.119. The molecule has 3 heteroatoms. The number of hydrogen-bond acceptors (Lipinski definition) is 2. The molecule has 0 bridgehead atoms. The summed E-state index contributed by atoms with van der Waals surface area (Å²) < 4.78 is 0. The lowest BCUT2D eigenvalue weighted by Crippen LogP contribution is -2.28. The summed E-state index contributed by atoms with van der Waals surface area (Å²) in [6.07, 6.45) is 0. The Hall–Kier alpha value is -1.35. The van der Waals surface area contributed by atoms with E-state index in [1.54, 1.807) is 0 Å². The van der Waals surface area contributed by atoms with Crippen molar-refractivity contribution in [3.63, 3.8) is 0 Å². The van der Waals surface area contributed by atoms with Crippen LogP contribution in [0.4, 0.5) is 0 Å². The van der Waals surface area contributed by atoms with Crippen molar-refractivity contribution >= 4 is 5.91 Å². The number of hydrogen-bond donors (Lipinski definition) is 1. The summed E-state index contributed by atoms with van der Waals surface area (Å²) in [5.74, 6) is -0.119. The molecule has 70 valence electrons. The fourth-order valence-corrected chi connectivity index (χ4v) is 1.06. The van der Waals surface area contributed by atoms with Crippen molar-refractivity contribution in [2.24, 2.45) is 0 Å². The molecular formula is C10H13NO2. The second-order valence-electron chi connectivity index (χ2n) is 2.84. The maximum absolute atomic E-state index is 10.9. The highest BCUT2D eigenvalue weighted by molar-refractivity contribution is 5.73. The number of carbonyl (C=O) groups is 1. The van der Waals surface area contributed by atoms with E-state index in [-0.39, 0.29) is 12.6 Å². The van der Waals surface area contributed by atoms with Crippen molar-refractivity contribution in [3.05, 3.63) is 35.9 Å². The van der Waals surface area contributed by atoms with Crippen LogP contribution in [0.3, 0.4) is 0 Å². The predicted molar refractivity (Wildman–Crippen MR) is 49.8 cm³/mol. The summed E-state index contributed by atoms with van der Waals surface area (Å²) in [4.78, 5) is 12.3. The van der Waals surface area contributed by atoms with Gasteiger partial charge in [0, 0.05) is 13.5 Å². The fraction of sp³-hybridized carbons (Fsp3) is 0.300. The van der Waals surface area contributed by atoms with Crippen LogP contribution >= 0.6 is 0 Å². The van der Waals surface area contributed by atoms with Crippen LogP contribution in [-0.2, 0) is 11.3 Å². The lowest BCUT2D eigenvalue weighted by atomic mass is 10.2. The van der Waals surface area contributed by atoms with Gasteiger partial charge in [0.1, 0.15) is 6.73 Å². The third-order valence-electron chi connectivity index (χ3n) is 1.83. The lowest BCUT2D eigenvalue weighted by molar-refractivity contribution is -0.133. The number of rotatable bonds is 3. The van der Waals surface area contributed by atoms with E-state index in [9.17, 15) is 4.79 Å². The van der Waals surface area contributed by atoms with Crippen LogP contribution in [0, 0.1) is 0 Å². The van der Waals surface area contributed by atoms with E-state index in [2.05, 4.69) is 0 Å². The van der Waals surface area contributed by atoms with E-state index in [0.717, 1.165) is 5.56 Å². The molecule has 0 fully saturated rings. The first-order valence-electron chi connectivity index (χ1n) is 4.14. The highest BCUT2D eigenvalue weighted by atomic mass is 16.3. The Labute approximate surface area is 77.6 Å². The Bertz CT molecular complexity index is 272. The molecule has 0 saturated heterocycles. The summed E-state index contributed by atoms with van der Waals surface area (Å²) in [5, 5.41) is 8.86. The van der Waals surface area contributed by atoms with Gasteiger partial charge in [-0.2, -0.15) is 0 Å². The van der Waals surface area contributed by atoms with Gasteiger partial charge in [0.2, 0.25) is 5.91 Å². The predicted octanol–water partition coefficient (Wildman–Crippen LogP) is 0.985. The monoisotopic (exact) mass is 179 g/mol. The van der Waals surface area contributed by atoms with E-state index >= 15 is 0 Å². The Kier molecular flexibility index (Phi) is 3.46. The van der Waals surface area contributed by atoms with E-state index in [0.29, 0.717) is 6.54 Å². The van der Waals surface area contributed by atoms with Gasteiger partial charge in [0.05, 0.1) is 0 Å². The lowest BCUT2D eigenvalue weighted by Gasteiger charge is -2.17. The average Bonchev–Trinajstić information content (AvgIpc) is 2.15. The van der Waals surface area contributed by atoms with Gasteiger partial charge >= 0.3 is 0 Å². The second kappa shape index (κ2) is 4.62. The maximum Gasteiger partial charge on any atom is 0.221 e. The Morgan fingerprint density at radius 1 is 1.38 bits per heavy atom. The molecule has 0 saturated carbocycles. The first kappa shape index (κ1) is 9.74. The van der Waals surface area contributed by atoms with Gasteiger partial charge in [0.25, 0.3) is 0 Å². The molecule has 0 unspecified atom stereocenters. The molecule has 0 heterocycles. The maximum atomic E-state index is 10.9. The number of amides is 1. The van der Waals surface area contributed by atoms with Crippen molar-refractivity contribution in [2.45, 2.75) is 13.5 Å². The first-order chi connectivity index (χ1) is 6.24. The summed E-state index contributed by atoms with van der Waals surface area (Å²) in [6.45, 7) is 1.68. The standard InChI is InChI=1S/C10H13NO2/c1-9(13)11(8-12)7-10-5-3-2-4-6-10/h2-6,12H,7-8H2,1H3. The highest BCUT2D eigenvalue weighted by Gasteiger charge is 2.06. The van der Waals surface area contributed by atoms with E-state index in [1.807, 2.05) is 30.3 Å². The SMILES string of the molecule is CC(=O)N(CO)Cc1ccccc1. The normalized spacial score (nSPS) is 9.69. The van der Waals surface area contributed by atoms with Crippen LogP contribution in [-0.4, -0.2) is 22.6 Å². The zero-order chi connectivity index (χ0) is 9.68. The molecule has 1 amide bonds. The largest absolute Gasteiger partial charge is 0.376 e. The van der Waals surface area contributed by atoms with Crippen molar-refractivity contribution in [2.75, 3.05) is 6.73 Å². The average molecular weight is 179 g/mol. The van der Waals surface area contributed by atoms with Crippen LogP contribution in [0.2, 0.25) is 0 Å². The summed E-state index contributed by atoms with van der Waals surface area (Å²) in [5.41, 5.74) is 1.02. The third-order valence-corrected chi connectivity index (χ3v) is 1.83. The number of aliphatic hydroxyl groups excluding tert-OH is 1. The summed E-state index contributed by atoms with van der Waals surface area (Å²) >= 11 is 0. The van der Waals surface area contributed by atoms with Crippen molar-refractivity contribution in [1.29, 1.82) is 0 Å². The molecule has 0 spiro atoms. The van der Waals surface area contributed by atoms with Gasteiger partial charge in [-0.15, -0.1) is 0 Å². The van der Waals surface area contributed by atoms with Crippen LogP contribution in [0.25, 0.3) is 0 Å². The molecule has 0 radical (unpaired) electrons. The van der Waals surface area contributed by atoms with Crippen LogP contribution in [0.15, 0.2) is 30.3 Å². The molecule has 1 rings (SSSR count). The second-order valence-corrected chi connectivity index (χ2v) is 2.84. The molecule has 3 nitrogen and oxygen atoms in total. The summed E-state index contributed by atoms with van der Waals surface area (Å²) in [6, 6.07) is 9.58. The zero-order valence-electron chi connectivity index (χ0n) is 7.60. The van der Waals surface area contributed by atoms with E-state index < -0.39 is 0 Å². The quantitative estimate of drug-likeness (QED) is 0.703. The molecule has 0 aliphatic carbocycles. The smallest absolute Gasteiger partial charge is 0.221 e. The molecule has 0 aliphatic rings. The van der Waals surface area contributed by atoms with Gasteiger partial charge in [-0.1, -0.05) is 30.3 Å². The van der Waals surface area contributed by atoms with E-state index in [4.69, 9.17) is 5.11 Å². The van der Waals surface area contributed by atoms with Crippen LogP contribution < -0.4 is 0 Å². The van der Waals surface area contributed by atoms with Crippen molar-refractivity contribution < 1.29 is 9.90 Å². The van der Waals surface area contributed by atoms with Gasteiger partial charge in [-0.3, -0.25) is 4.79 Å². The van der Waals surface area contributed by atoms with Crippen LogP contribution in [0.5, 0.6) is 0 Å². The molecule has 1 aromatic carbocycles. The van der Waals surface area contributed by atoms with E-state index in [1.165, 1.54) is 11.8 Å². The topological polar surface area (TPSA) is 40.5 Å². The van der Waals surface area contributed by atoms with Crippen LogP contribution in [0.1, 0.15) is 12.5 Å². The van der Waals surface area contributed by atoms with Gasteiger partial charge in [0.15, 0.2) is 0 Å². The number of aliphatic hydroxyl groups is 1. The van der Waals surface area contributed by atoms with Crippen molar-refractivity contribution in [3.8, 4) is 0 Å². The van der Waals surface area contributed by atoms with Gasteiger partial charge < -0.3 is 10.0 Å². The molecular weight excluding hydrogens is 166 g/mol. The Balaban J connectivity index is 2.62. The number of carbonyl (C=O) groups excluding carboxylic acids is 1. The molecule has 0 atom stereocenters. The molecule has 0 aromatic heterocycles. The fourth-order valence-electron chi connectivity index (χ4n) is 1.06. The Morgan fingerprint density at radius 3 is 2.46 bits per heavy atom. The molecule has 0 aliphatic heterocycles. The Morgan fingerprint density at radius 2 is 2.00 bits per heavy atom. The molecule has 1 N–H and O–H groups in total. The molecule has 1 aromatic rings. The third kappa shape index (κ3) is 2.87. The molecule has 13 heavy (non-hydrogen) atoms. The summed E-state index contributed by atoms with van der Waals surface area (Å²) in [7, 11) is 0. The minimum Gasteiger partial charge on any atom is -0.376 e. The van der Waals surface area contributed by atoms with Crippen molar-refractivity contribution in [1.82, 2.24) is 4.90 Å². The van der Waals surface area contributed by atoms with Gasteiger partial charge in [-0.25, -0.2) is 0 Å². The zero-order valence-corrected chi connectivity index (χ0v) is 7.60. The van der Waals surface area contributed by atoms with Gasteiger partial charge in [-0.05, 0) is 5.56 Å².